The summed E-state index contributed by atoms with van der Waals surface area (Å²) in [4.78, 5) is 4.44. The Bertz CT molecular complexity index is 566. The second-order valence-electron chi connectivity index (χ2n) is 6.75. The minimum Gasteiger partial charge on any atom is -0.366 e. The summed E-state index contributed by atoms with van der Waals surface area (Å²) in [6, 6.07) is 0.286. The molecule has 1 saturated heterocycles. The molecule has 0 aromatic heterocycles. The summed E-state index contributed by atoms with van der Waals surface area (Å²) in [6.07, 6.45) is 2.06. The van der Waals surface area contributed by atoms with Gasteiger partial charge in [-0.2, -0.15) is 0 Å². The van der Waals surface area contributed by atoms with Crippen LogP contribution in [-0.4, -0.2) is 41.9 Å². The molecule has 1 heterocycles. The third kappa shape index (κ3) is 4.18. The molecule has 0 saturated carbocycles. The second kappa shape index (κ2) is 8.02. The van der Waals surface area contributed by atoms with Crippen LogP contribution in [0.2, 0.25) is 0 Å². The van der Waals surface area contributed by atoms with Crippen molar-refractivity contribution in [2.45, 2.75) is 46.6 Å². The molecule has 0 radical (unpaired) electrons. The normalized spacial score (nSPS) is 20.8. The average Bonchev–Trinajstić information content (AvgIpc) is 2.51. The van der Waals surface area contributed by atoms with Crippen LogP contribution in [0.1, 0.15) is 40.5 Å². The van der Waals surface area contributed by atoms with Crippen molar-refractivity contribution in [1.82, 2.24) is 9.80 Å². The third-order valence-electron chi connectivity index (χ3n) is 5.14. The Morgan fingerprint density at radius 2 is 1.87 bits per heavy atom. The molecular weight excluding hydrogens is 299 g/mol. The van der Waals surface area contributed by atoms with Gasteiger partial charge in [0.15, 0.2) is 0 Å². The molecule has 128 valence electrons. The molecule has 1 aliphatic rings. The van der Waals surface area contributed by atoms with Crippen LogP contribution in [0.3, 0.4) is 0 Å². The lowest BCUT2D eigenvalue weighted by Crippen LogP contribution is -2.41. The van der Waals surface area contributed by atoms with Crippen molar-refractivity contribution >= 4 is 13.5 Å². The van der Waals surface area contributed by atoms with Crippen LogP contribution in [0.15, 0.2) is 48.0 Å². The van der Waals surface area contributed by atoms with Crippen LogP contribution in [-0.2, 0) is 0 Å². The van der Waals surface area contributed by atoms with E-state index >= 15 is 0 Å². The average molecular weight is 332 g/mol. The van der Waals surface area contributed by atoms with Gasteiger partial charge in [-0.25, -0.2) is 0 Å². The Kier molecular flexibility index (Phi) is 6.89. The molecule has 1 fully saturated rings. The maximum atomic E-state index is 4.44. The van der Waals surface area contributed by atoms with Crippen LogP contribution < -0.4 is 0 Å². The third-order valence-corrected chi connectivity index (χ3v) is 6.03. The highest BCUT2D eigenvalue weighted by Gasteiger charge is 2.29. The van der Waals surface area contributed by atoms with Crippen molar-refractivity contribution in [2.75, 3.05) is 20.8 Å². The van der Waals surface area contributed by atoms with Gasteiger partial charge in [-0.1, -0.05) is 39.2 Å². The summed E-state index contributed by atoms with van der Waals surface area (Å²) < 4.78 is 0. The molecule has 0 N–H and O–H groups in total. The van der Waals surface area contributed by atoms with Gasteiger partial charge in [-0.3, -0.25) is 0 Å². The summed E-state index contributed by atoms with van der Waals surface area (Å²) in [5, 5.41) is 1.38. The lowest BCUT2D eigenvalue weighted by Gasteiger charge is -2.42. The fraction of sp³-hybridized carbons (Fsp3) is 0.550. The van der Waals surface area contributed by atoms with Crippen molar-refractivity contribution in [3.63, 3.8) is 0 Å². The van der Waals surface area contributed by atoms with E-state index in [2.05, 4.69) is 78.0 Å². The first kappa shape index (κ1) is 19.8. The predicted octanol–water partition coefficient (Wildman–Crippen LogP) is 5.29. The number of likely N-dealkylation sites (tertiary alicyclic amines) is 1. The molecule has 0 amide bonds. The van der Waals surface area contributed by atoms with E-state index in [4.69, 9.17) is 0 Å². The Morgan fingerprint density at radius 1 is 1.30 bits per heavy atom. The molecule has 3 heteroatoms. The van der Waals surface area contributed by atoms with Gasteiger partial charge in [-0.05, 0) is 44.6 Å². The molecule has 1 aliphatic heterocycles. The van der Waals surface area contributed by atoms with E-state index in [-0.39, 0.29) is 6.04 Å². The van der Waals surface area contributed by atoms with Crippen molar-refractivity contribution in [2.24, 2.45) is 5.92 Å². The highest BCUT2D eigenvalue weighted by Crippen LogP contribution is 2.33. The zero-order valence-electron chi connectivity index (χ0n) is 16.0. The number of likely N-dealkylation sites (N-methyl/N-ethyl adjacent to an activating group) is 2. The molecule has 0 spiro atoms. The zero-order chi connectivity index (χ0) is 17.9. The summed E-state index contributed by atoms with van der Waals surface area (Å²) in [5.41, 5.74) is 6.10. The molecule has 1 rings (SSSR count). The molecule has 1 unspecified atom stereocenters. The van der Waals surface area contributed by atoms with Gasteiger partial charge in [-0.15, -0.1) is 8.20 Å². The smallest absolute Gasteiger partial charge is 0.0688 e. The van der Waals surface area contributed by atoms with Crippen LogP contribution in [0.5, 0.6) is 0 Å². The van der Waals surface area contributed by atoms with E-state index in [1.807, 2.05) is 0 Å². The number of allylic oxidation sites excluding steroid dienone is 3. The molecule has 0 aromatic rings. The first-order valence-electron chi connectivity index (χ1n) is 8.30. The van der Waals surface area contributed by atoms with Crippen molar-refractivity contribution in [3.8, 4) is 0 Å². The SMILES string of the molecule is C=C1CCC(N(C)C(=C)/C(C(C)=PC)=C(/C)C(C)C)C(=C)N1C. The Hall–Kier alpha value is -1.27. The van der Waals surface area contributed by atoms with Gasteiger partial charge in [0, 0.05) is 36.8 Å². The first-order chi connectivity index (χ1) is 10.6. The van der Waals surface area contributed by atoms with Gasteiger partial charge < -0.3 is 9.80 Å². The highest BCUT2D eigenvalue weighted by molar-refractivity contribution is 7.40. The first-order valence-corrected chi connectivity index (χ1v) is 9.64. The Balaban J connectivity index is 3.17. The molecule has 0 aromatic carbocycles. The molecule has 0 bridgehead atoms. The fourth-order valence-corrected chi connectivity index (χ4v) is 3.50. The second-order valence-corrected chi connectivity index (χ2v) is 7.87. The largest absolute Gasteiger partial charge is 0.366 e. The van der Waals surface area contributed by atoms with Crippen molar-refractivity contribution in [3.05, 3.63) is 48.0 Å². The maximum Gasteiger partial charge on any atom is 0.0688 e. The van der Waals surface area contributed by atoms with E-state index in [9.17, 15) is 0 Å². The Morgan fingerprint density at radius 3 is 2.35 bits per heavy atom. The summed E-state index contributed by atoms with van der Waals surface area (Å²) in [7, 11) is 5.51. The molecule has 0 aliphatic carbocycles. The highest BCUT2D eigenvalue weighted by atomic mass is 31.1. The molecule has 1 atom stereocenters. The lowest BCUT2D eigenvalue weighted by atomic mass is 9.93. The lowest BCUT2D eigenvalue weighted by molar-refractivity contribution is 0.253. The minimum absolute atomic E-state index is 0.286. The van der Waals surface area contributed by atoms with Crippen molar-refractivity contribution in [1.29, 1.82) is 0 Å². The summed E-state index contributed by atoms with van der Waals surface area (Å²) in [6.45, 7) is 24.0. The monoisotopic (exact) mass is 332 g/mol. The molecular formula is C20H33N2P. The number of piperidine rings is 1. The number of nitrogens with zero attached hydrogens (tertiary/aromatic N) is 2. The van der Waals surface area contributed by atoms with Crippen LogP contribution in [0.25, 0.3) is 0 Å². The van der Waals surface area contributed by atoms with Gasteiger partial charge >= 0.3 is 0 Å². The number of hydrogen-bond donors (Lipinski definition) is 0. The van der Waals surface area contributed by atoms with Gasteiger partial charge in [0.05, 0.1) is 6.04 Å². The van der Waals surface area contributed by atoms with Gasteiger partial charge in [0.1, 0.15) is 0 Å². The minimum atomic E-state index is 0.286. The number of hydrogen-bond acceptors (Lipinski definition) is 2. The van der Waals surface area contributed by atoms with Crippen LogP contribution >= 0.6 is 8.20 Å². The van der Waals surface area contributed by atoms with E-state index in [0.717, 1.165) is 29.9 Å². The number of rotatable bonds is 5. The summed E-state index contributed by atoms with van der Waals surface area (Å²) >= 11 is 0. The maximum absolute atomic E-state index is 4.44. The quantitative estimate of drug-likeness (QED) is 0.498. The fourth-order valence-electron chi connectivity index (χ4n) is 2.97. The molecule has 2 nitrogen and oxygen atoms in total. The van der Waals surface area contributed by atoms with Gasteiger partial charge in [0.2, 0.25) is 0 Å². The van der Waals surface area contributed by atoms with E-state index in [1.165, 1.54) is 24.6 Å². The topological polar surface area (TPSA) is 6.48 Å². The van der Waals surface area contributed by atoms with E-state index in [1.54, 1.807) is 0 Å². The standard InChI is InChI=1S/C20H33N2P/c1-13(2)15(4)20(18(7)23-10)17(6)22(9)19-12-11-14(3)21(8)16(19)5/h13,19H,3,5-6,11-12H2,1-2,4,7-10H3/b20-15+. The Labute approximate surface area is 145 Å². The van der Waals surface area contributed by atoms with Crippen LogP contribution in [0, 0.1) is 5.92 Å². The van der Waals surface area contributed by atoms with Crippen molar-refractivity contribution < 1.29 is 0 Å². The molecule has 23 heavy (non-hydrogen) atoms. The van der Waals surface area contributed by atoms with E-state index in [0.29, 0.717) is 5.92 Å². The zero-order valence-corrected chi connectivity index (χ0v) is 16.9. The van der Waals surface area contributed by atoms with E-state index < -0.39 is 0 Å². The summed E-state index contributed by atoms with van der Waals surface area (Å²) in [5.74, 6) is 0.517. The van der Waals surface area contributed by atoms with Gasteiger partial charge in [0.25, 0.3) is 0 Å². The predicted molar refractivity (Wildman–Crippen MR) is 107 cm³/mol. The van der Waals surface area contributed by atoms with Crippen LogP contribution in [0.4, 0.5) is 0 Å².